The van der Waals surface area contributed by atoms with Crippen LogP contribution >= 0.6 is 0 Å². The van der Waals surface area contributed by atoms with Gasteiger partial charge in [0.1, 0.15) is 18.4 Å². The predicted octanol–water partition coefficient (Wildman–Crippen LogP) is 1.44. The zero-order valence-electron chi connectivity index (χ0n) is 22.2. The standard InChI is InChI=1S/C29H34N4O6/c1-19-16-22(3-6-25(19)39-15-12-32-10-13-38-14-11-32)27(35)30-18-20-2-4-23-21(17-20)8-9-33(29(23)37)24-5-7-26(34)31-28(24)36/h2-4,6,16-17,24H,5,7-15,18H2,1H3,(H,30,35)(H,31,34,36). The molecule has 2 N–H and O–H groups in total. The fourth-order valence-electron chi connectivity index (χ4n) is 5.29. The third-order valence-corrected chi connectivity index (χ3v) is 7.53. The summed E-state index contributed by atoms with van der Waals surface area (Å²) in [6.07, 6.45) is 1.18. The van der Waals surface area contributed by atoms with Crippen LogP contribution in [0.2, 0.25) is 0 Å². The highest BCUT2D eigenvalue weighted by Gasteiger charge is 2.37. The lowest BCUT2D eigenvalue weighted by Gasteiger charge is -2.36. The number of ether oxygens (including phenoxy) is 2. The van der Waals surface area contributed by atoms with E-state index in [1.807, 2.05) is 31.2 Å². The van der Waals surface area contributed by atoms with Gasteiger partial charge in [-0.2, -0.15) is 0 Å². The van der Waals surface area contributed by atoms with Crippen molar-refractivity contribution < 1.29 is 28.7 Å². The van der Waals surface area contributed by atoms with Crippen LogP contribution in [-0.2, 0) is 27.3 Å². The minimum atomic E-state index is -0.618. The Labute approximate surface area is 227 Å². The van der Waals surface area contributed by atoms with E-state index < -0.39 is 11.9 Å². The van der Waals surface area contributed by atoms with Crippen molar-refractivity contribution in [3.8, 4) is 5.75 Å². The second-order valence-corrected chi connectivity index (χ2v) is 10.2. The van der Waals surface area contributed by atoms with E-state index in [1.54, 1.807) is 17.0 Å². The fourth-order valence-corrected chi connectivity index (χ4v) is 5.29. The van der Waals surface area contributed by atoms with Crippen molar-refractivity contribution in [3.05, 3.63) is 64.2 Å². The minimum absolute atomic E-state index is 0.184. The van der Waals surface area contributed by atoms with Crippen LogP contribution in [0.5, 0.6) is 5.75 Å². The second-order valence-electron chi connectivity index (χ2n) is 10.2. The van der Waals surface area contributed by atoms with Crippen molar-refractivity contribution in [1.82, 2.24) is 20.4 Å². The highest BCUT2D eigenvalue weighted by Crippen LogP contribution is 2.25. The summed E-state index contributed by atoms with van der Waals surface area (Å²) in [7, 11) is 0. The van der Waals surface area contributed by atoms with Crippen molar-refractivity contribution >= 4 is 23.6 Å². The molecule has 0 aromatic heterocycles. The van der Waals surface area contributed by atoms with Crippen LogP contribution < -0.4 is 15.4 Å². The van der Waals surface area contributed by atoms with Gasteiger partial charge >= 0.3 is 0 Å². The van der Waals surface area contributed by atoms with Crippen LogP contribution in [0.3, 0.4) is 0 Å². The normalized spacial score (nSPS) is 19.9. The van der Waals surface area contributed by atoms with Gasteiger partial charge in [-0.05, 0) is 60.7 Å². The van der Waals surface area contributed by atoms with E-state index in [-0.39, 0.29) is 24.1 Å². The largest absolute Gasteiger partial charge is 0.492 e. The first-order valence-corrected chi connectivity index (χ1v) is 13.5. The molecule has 0 aliphatic carbocycles. The first-order chi connectivity index (χ1) is 18.9. The molecule has 2 fully saturated rings. The molecule has 3 heterocycles. The molecule has 1 atom stereocenters. The number of nitrogens with one attached hydrogen (secondary N) is 2. The third kappa shape index (κ3) is 6.29. The van der Waals surface area contributed by atoms with Gasteiger partial charge in [0.15, 0.2) is 0 Å². The van der Waals surface area contributed by atoms with E-state index in [4.69, 9.17) is 9.47 Å². The average Bonchev–Trinajstić information content (AvgIpc) is 2.94. The molecule has 1 unspecified atom stereocenters. The zero-order valence-corrected chi connectivity index (χ0v) is 22.2. The Morgan fingerprint density at radius 3 is 2.67 bits per heavy atom. The lowest BCUT2D eigenvalue weighted by atomic mass is 9.93. The van der Waals surface area contributed by atoms with Gasteiger partial charge in [-0.1, -0.05) is 12.1 Å². The monoisotopic (exact) mass is 534 g/mol. The van der Waals surface area contributed by atoms with Crippen molar-refractivity contribution in [1.29, 1.82) is 0 Å². The van der Waals surface area contributed by atoms with Crippen molar-refractivity contribution in [3.63, 3.8) is 0 Å². The molecule has 0 bridgehead atoms. The Morgan fingerprint density at radius 2 is 1.90 bits per heavy atom. The lowest BCUT2D eigenvalue weighted by Crippen LogP contribution is -2.55. The van der Waals surface area contributed by atoms with Crippen LogP contribution in [0.15, 0.2) is 36.4 Å². The van der Waals surface area contributed by atoms with Gasteiger partial charge in [0.2, 0.25) is 11.8 Å². The maximum atomic E-state index is 13.1. The number of amides is 4. The Bertz CT molecular complexity index is 1270. The van der Waals surface area contributed by atoms with E-state index >= 15 is 0 Å². The average molecular weight is 535 g/mol. The second kappa shape index (κ2) is 12.0. The van der Waals surface area contributed by atoms with Crippen molar-refractivity contribution in [2.45, 2.75) is 38.8 Å². The topological polar surface area (TPSA) is 117 Å². The van der Waals surface area contributed by atoms with Crippen LogP contribution in [0.1, 0.15) is 50.2 Å². The number of nitrogens with zero attached hydrogens (tertiary/aromatic N) is 2. The summed E-state index contributed by atoms with van der Waals surface area (Å²) in [4.78, 5) is 53.5. The molecule has 0 saturated carbocycles. The van der Waals surface area contributed by atoms with E-state index in [9.17, 15) is 19.2 Å². The molecule has 10 heteroatoms. The highest BCUT2D eigenvalue weighted by atomic mass is 16.5. The number of rotatable bonds is 8. The highest BCUT2D eigenvalue weighted by molar-refractivity contribution is 6.04. The maximum absolute atomic E-state index is 13.1. The number of carbonyl (C=O) groups excluding carboxylic acids is 4. The summed E-state index contributed by atoms with van der Waals surface area (Å²) in [6, 6.07) is 10.3. The molecule has 4 amide bonds. The molecule has 3 aliphatic heterocycles. The Morgan fingerprint density at radius 1 is 1.08 bits per heavy atom. The van der Waals surface area contributed by atoms with Crippen LogP contribution in [0.4, 0.5) is 0 Å². The molecular weight excluding hydrogens is 500 g/mol. The molecule has 2 aromatic carbocycles. The third-order valence-electron chi connectivity index (χ3n) is 7.53. The first kappa shape index (κ1) is 26.8. The number of piperidine rings is 1. The van der Waals surface area contributed by atoms with E-state index in [2.05, 4.69) is 15.5 Å². The number of morpholine rings is 1. The number of fused-ring (bicyclic) bond motifs is 1. The summed E-state index contributed by atoms with van der Waals surface area (Å²) < 4.78 is 11.3. The van der Waals surface area contributed by atoms with Crippen LogP contribution in [-0.4, -0.2) is 85.5 Å². The zero-order chi connectivity index (χ0) is 27.4. The summed E-state index contributed by atoms with van der Waals surface area (Å²) >= 11 is 0. The van der Waals surface area contributed by atoms with Gasteiger partial charge in [-0.3, -0.25) is 29.4 Å². The number of carbonyl (C=O) groups is 4. The Hall–Kier alpha value is -3.76. The molecule has 2 aromatic rings. The quantitative estimate of drug-likeness (QED) is 0.492. The number of imide groups is 1. The van der Waals surface area contributed by atoms with Gasteiger partial charge < -0.3 is 19.7 Å². The Balaban J connectivity index is 1.14. The maximum Gasteiger partial charge on any atom is 0.254 e. The smallest absolute Gasteiger partial charge is 0.254 e. The molecule has 5 rings (SSSR count). The van der Waals surface area contributed by atoms with Gasteiger partial charge in [0, 0.05) is 50.3 Å². The molecular formula is C29H34N4O6. The van der Waals surface area contributed by atoms with E-state index in [0.717, 1.165) is 55.3 Å². The van der Waals surface area contributed by atoms with E-state index in [0.29, 0.717) is 43.7 Å². The van der Waals surface area contributed by atoms with E-state index in [1.165, 1.54) is 0 Å². The predicted molar refractivity (Wildman–Crippen MR) is 142 cm³/mol. The summed E-state index contributed by atoms with van der Waals surface area (Å²) in [6.45, 7) is 7.45. The minimum Gasteiger partial charge on any atom is -0.492 e. The van der Waals surface area contributed by atoms with Crippen LogP contribution in [0.25, 0.3) is 0 Å². The summed E-state index contributed by atoms with van der Waals surface area (Å²) in [5.41, 5.74) is 3.80. The number of hydrogen-bond donors (Lipinski definition) is 2. The molecule has 39 heavy (non-hydrogen) atoms. The lowest BCUT2D eigenvalue weighted by molar-refractivity contribution is -0.136. The number of hydrogen-bond acceptors (Lipinski definition) is 7. The van der Waals surface area contributed by atoms with Crippen molar-refractivity contribution in [2.24, 2.45) is 0 Å². The molecule has 3 aliphatic rings. The molecule has 10 nitrogen and oxygen atoms in total. The SMILES string of the molecule is Cc1cc(C(=O)NCc2ccc3c(c2)CCN(C2CCC(=O)NC2=O)C3=O)ccc1OCCN1CCOCC1. The molecule has 0 spiro atoms. The van der Waals surface area contributed by atoms with Crippen LogP contribution in [0, 0.1) is 6.92 Å². The Kier molecular flexibility index (Phi) is 8.23. The summed E-state index contributed by atoms with van der Waals surface area (Å²) in [5.74, 6) is -0.331. The van der Waals surface area contributed by atoms with Crippen molar-refractivity contribution in [2.75, 3.05) is 46.0 Å². The first-order valence-electron chi connectivity index (χ1n) is 13.5. The van der Waals surface area contributed by atoms with Gasteiger partial charge in [-0.25, -0.2) is 0 Å². The summed E-state index contributed by atoms with van der Waals surface area (Å²) in [5, 5.41) is 5.28. The molecule has 0 radical (unpaired) electrons. The van der Waals surface area contributed by atoms with Gasteiger partial charge in [0.05, 0.1) is 13.2 Å². The number of aryl methyl sites for hydroxylation is 1. The molecule has 206 valence electrons. The number of benzene rings is 2. The van der Waals surface area contributed by atoms with Gasteiger partial charge in [0.25, 0.3) is 11.8 Å². The van der Waals surface area contributed by atoms with Gasteiger partial charge in [-0.15, -0.1) is 0 Å². The fraction of sp³-hybridized carbons (Fsp3) is 0.448. The molecule has 2 saturated heterocycles.